The van der Waals surface area contributed by atoms with Crippen LogP contribution < -0.4 is 15.4 Å². The zero-order valence-corrected chi connectivity index (χ0v) is 22.0. The number of hydrogen-bond acceptors (Lipinski definition) is 7. The molecule has 0 saturated heterocycles. The molecule has 3 rings (SSSR count). The van der Waals surface area contributed by atoms with Gasteiger partial charge in [-0.1, -0.05) is 47.1 Å². The number of nitrogens with one attached hydrogen (secondary N) is 2. The Morgan fingerprint density at radius 3 is 2.61 bits per heavy atom. The van der Waals surface area contributed by atoms with Crippen LogP contribution >= 0.6 is 35.0 Å². The summed E-state index contributed by atoms with van der Waals surface area (Å²) in [5.41, 5.74) is 1.85. The zero-order valence-electron chi connectivity index (χ0n) is 19.7. The van der Waals surface area contributed by atoms with Crippen LogP contribution in [0.2, 0.25) is 10.0 Å². The highest BCUT2D eigenvalue weighted by Gasteiger charge is 2.44. The van der Waals surface area contributed by atoms with Crippen molar-refractivity contribution in [3.63, 3.8) is 0 Å². The molecular formula is C25H23Cl2N3O5S. The number of allylic oxidation sites excluding steroid dienone is 1. The molecule has 11 heteroatoms. The molecule has 188 valence electrons. The van der Waals surface area contributed by atoms with Gasteiger partial charge in [0.25, 0.3) is 0 Å². The van der Waals surface area contributed by atoms with Gasteiger partial charge in [-0.05, 0) is 49.2 Å². The van der Waals surface area contributed by atoms with Crippen LogP contribution in [0.5, 0.6) is 5.75 Å². The molecular weight excluding hydrogens is 525 g/mol. The minimum Gasteiger partial charge on any atom is -0.492 e. The number of ether oxygens (including phenoxy) is 2. The topological polar surface area (TPSA) is 118 Å². The molecule has 2 N–H and O–H groups in total. The Kier molecular flexibility index (Phi) is 9.26. The first-order valence-corrected chi connectivity index (χ1v) is 12.6. The lowest BCUT2D eigenvalue weighted by atomic mass is 9.78. The van der Waals surface area contributed by atoms with Gasteiger partial charge in [-0.2, -0.15) is 5.26 Å². The Morgan fingerprint density at radius 2 is 1.97 bits per heavy atom. The quantitative estimate of drug-likeness (QED) is 0.359. The molecule has 2 aromatic carbocycles. The van der Waals surface area contributed by atoms with Crippen LogP contribution in [0.25, 0.3) is 0 Å². The van der Waals surface area contributed by atoms with Crippen LogP contribution in [0.3, 0.4) is 0 Å². The molecule has 36 heavy (non-hydrogen) atoms. The summed E-state index contributed by atoms with van der Waals surface area (Å²) in [5, 5.41) is 16.4. The van der Waals surface area contributed by atoms with E-state index in [9.17, 15) is 19.6 Å². The standard InChI is InChI=1S/C25H23Cl2N3O5S/c1-4-35-19-9-8-14(10-17(19)27)21-15(11-28)24(30-23(32)22(21)25(33)34-3)36-12-20(31)29-18-7-5-6-16(26)13(18)2/h5-10,21-22H,4,12H2,1-3H3,(H,29,31)(H,30,32)/t21-,22+/m0/s1. The molecule has 2 amide bonds. The second-order valence-corrected chi connectivity index (χ2v) is 9.49. The number of carbonyl (C=O) groups is 3. The van der Waals surface area contributed by atoms with E-state index in [1.54, 1.807) is 43.3 Å². The number of nitrogens with zero attached hydrogens (tertiary/aromatic N) is 1. The molecule has 1 aliphatic heterocycles. The van der Waals surface area contributed by atoms with Gasteiger partial charge in [0, 0.05) is 16.6 Å². The van der Waals surface area contributed by atoms with E-state index >= 15 is 0 Å². The fourth-order valence-electron chi connectivity index (χ4n) is 3.73. The monoisotopic (exact) mass is 547 g/mol. The minimum absolute atomic E-state index is 0.105. The molecule has 2 atom stereocenters. The summed E-state index contributed by atoms with van der Waals surface area (Å²) < 4.78 is 10.3. The first-order chi connectivity index (χ1) is 17.2. The predicted octanol–water partition coefficient (Wildman–Crippen LogP) is 4.81. The van der Waals surface area contributed by atoms with Gasteiger partial charge >= 0.3 is 5.97 Å². The maximum Gasteiger partial charge on any atom is 0.319 e. The van der Waals surface area contributed by atoms with Gasteiger partial charge in [-0.15, -0.1) is 0 Å². The highest BCUT2D eigenvalue weighted by atomic mass is 35.5. The van der Waals surface area contributed by atoms with E-state index in [1.165, 1.54) is 7.11 Å². The summed E-state index contributed by atoms with van der Waals surface area (Å²) in [6.07, 6.45) is 0. The third-order valence-electron chi connectivity index (χ3n) is 5.49. The van der Waals surface area contributed by atoms with Crippen molar-refractivity contribution in [2.45, 2.75) is 19.8 Å². The molecule has 1 aliphatic rings. The van der Waals surface area contributed by atoms with Crippen molar-refractivity contribution in [3.05, 3.63) is 68.2 Å². The maximum atomic E-state index is 13.0. The minimum atomic E-state index is -1.31. The molecule has 0 unspecified atom stereocenters. The fourth-order valence-corrected chi connectivity index (χ4v) is 5.00. The van der Waals surface area contributed by atoms with Crippen molar-refractivity contribution in [2.24, 2.45) is 5.92 Å². The van der Waals surface area contributed by atoms with Crippen LogP contribution in [0.4, 0.5) is 5.69 Å². The Labute approximate surface area is 222 Å². The largest absolute Gasteiger partial charge is 0.492 e. The molecule has 0 fully saturated rings. The van der Waals surface area contributed by atoms with Crippen molar-refractivity contribution in [3.8, 4) is 11.8 Å². The average molecular weight is 548 g/mol. The third kappa shape index (κ3) is 5.95. The van der Waals surface area contributed by atoms with E-state index in [0.717, 1.165) is 11.8 Å². The van der Waals surface area contributed by atoms with Crippen molar-refractivity contribution >= 4 is 58.4 Å². The van der Waals surface area contributed by atoms with Crippen molar-refractivity contribution < 1.29 is 23.9 Å². The Bertz CT molecular complexity index is 1270. The van der Waals surface area contributed by atoms with Crippen LogP contribution in [-0.4, -0.2) is 37.3 Å². The number of carbonyl (C=O) groups excluding carboxylic acids is 3. The van der Waals surface area contributed by atoms with Gasteiger partial charge in [0.1, 0.15) is 11.7 Å². The Hall–Kier alpha value is -3.19. The second kappa shape index (κ2) is 12.2. The van der Waals surface area contributed by atoms with Gasteiger partial charge in [0.15, 0.2) is 0 Å². The zero-order chi connectivity index (χ0) is 26.4. The normalized spacial score (nSPS) is 17.2. The number of nitriles is 1. The molecule has 0 radical (unpaired) electrons. The average Bonchev–Trinajstić information content (AvgIpc) is 2.86. The van der Waals surface area contributed by atoms with E-state index < -0.39 is 23.7 Å². The van der Waals surface area contributed by atoms with Crippen molar-refractivity contribution in [1.29, 1.82) is 5.26 Å². The molecule has 1 heterocycles. The van der Waals surface area contributed by atoms with Gasteiger partial charge < -0.3 is 20.1 Å². The summed E-state index contributed by atoms with van der Waals surface area (Å²) in [7, 11) is 1.17. The van der Waals surface area contributed by atoms with Gasteiger partial charge in [0.2, 0.25) is 11.8 Å². The van der Waals surface area contributed by atoms with Crippen LogP contribution in [0, 0.1) is 24.2 Å². The molecule has 0 aromatic heterocycles. The van der Waals surface area contributed by atoms with Crippen molar-refractivity contribution in [2.75, 3.05) is 24.8 Å². The summed E-state index contributed by atoms with van der Waals surface area (Å²) in [6, 6.07) is 12.1. The van der Waals surface area contributed by atoms with Gasteiger partial charge in [0.05, 0.1) is 41.2 Å². The lowest BCUT2D eigenvalue weighted by Crippen LogP contribution is -2.44. The summed E-state index contributed by atoms with van der Waals surface area (Å²) in [6.45, 7) is 3.99. The molecule has 0 bridgehead atoms. The third-order valence-corrected chi connectivity index (χ3v) is 7.21. The van der Waals surface area contributed by atoms with Crippen molar-refractivity contribution in [1.82, 2.24) is 5.32 Å². The smallest absolute Gasteiger partial charge is 0.319 e. The number of esters is 1. The highest BCUT2D eigenvalue weighted by molar-refractivity contribution is 8.03. The predicted molar refractivity (Wildman–Crippen MR) is 139 cm³/mol. The molecule has 0 spiro atoms. The van der Waals surface area contributed by atoms with E-state index in [1.807, 2.05) is 6.92 Å². The number of benzene rings is 2. The summed E-state index contributed by atoms with van der Waals surface area (Å²) in [4.78, 5) is 38.1. The molecule has 0 saturated carbocycles. The molecule has 2 aromatic rings. The fraction of sp³-hybridized carbons (Fsp3) is 0.280. The number of thioether (sulfide) groups is 1. The summed E-state index contributed by atoms with van der Waals surface area (Å²) in [5.74, 6) is -3.76. The number of anilines is 1. The number of halogens is 2. The number of rotatable bonds is 8. The first kappa shape index (κ1) is 27.4. The first-order valence-electron chi connectivity index (χ1n) is 10.8. The highest BCUT2D eigenvalue weighted by Crippen LogP contribution is 2.42. The molecule has 0 aliphatic carbocycles. The summed E-state index contributed by atoms with van der Waals surface area (Å²) >= 11 is 13.4. The lowest BCUT2D eigenvalue weighted by molar-refractivity contribution is -0.150. The van der Waals surface area contributed by atoms with Gasteiger partial charge in [-0.25, -0.2) is 0 Å². The van der Waals surface area contributed by atoms with Crippen LogP contribution in [-0.2, 0) is 19.1 Å². The molecule has 8 nitrogen and oxygen atoms in total. The van der Waals surface area contributed by atoms with E-state index in [0.29, 0.717) is 34.2 Å². The van der Waals surface area contributed by atoms with Gasteiger partial charge in [-0.3, -0.25) is 14.4 Å². The Balaban J connectivity index is 1.93. The van der Waals surface area contributed by atoms with E-state index in [2.05, 4.69) is 16.7 Å². The van der Waals surface area contributed by atoms with Crippen LogP contribution in [0.1, 0.15) is 24.0 Å². The second-order valence-electron chi connectivity index (χ2n) is 7.69. The number of methoxy groups -OCH3 is 1. The Morgan fingerprint density at radius 1 is 1.22 bits per heavy atom. The number of amides is 2. The SMILES string of the molecule is CCOc1ccc([C@H]2C(C#N)=C(SCC(=O)Nc3cccc(Cl)c3C)NC(=O)[C@@H]2C(=O)OC)cc1Cl. The van der Waals surface area contributed by atoms with E-state index in [4.69, 9.17) is 32.7 Å². The van der Waals surface area contributed by atoms with E-state index in [-0.39, 0.29) is 27.3 Å². The van der Waals surface area contributed by atoms with Crippen LogP contribution in [0.15, 0.2) is 47.0 Å². The maximum absolute atomic E-state index is 13.0. The number of hydrogen-bond donors (Lipinski definition) is 2. The lowest BCUT2D eigenvalue weighted by Gasteiger charge is -2.31.